The van der Waals surface area contributed by atoms with Crippen LogP contribution in [-0.4, -0.2) is 41.0 Å². The number of carbonyl (C=O) groups excluding carboxylic acids is 1. The van der Waals surface area contributed by atoms with E-state index in [0.717, 1.165) is 51.0 Å². The molecule has 3 rings (SSSR count). The number of hydrogen-bond acceptors (Lipinski definition) is 5. The number of carboxylic acid groups (broad SMARTS) is 1. The summed E-state index contributed by atoms with van der Waals surface area (Å²) in [5, 5.41) is 18.9. The van der Waals surface area contributed by atoms with E-state index >= 15 is 0 Å². The van der Waals surface area contributed by atoms with Crippen molar-refractivity contribution in [3.63, 3.8) is 0 Å². The zero-order chi connectivity index (χ0) is 27.2. The molecule has 0 saturated heterocycles. The third kappa shape index (κ3) is 8.10. The molecule has 0 atom stereocenters. The maximum absolute atomic E-state index is 11.9. The van der Waals surface area contributed by atoms with Crippen molar-refractivity contribution in [1.29, 1.82) is 0 Å². The topological polar surface area (TPSA) is 113 Å². The number of alkyl carbamates (subject to hydrolysis) is 1. The maximum Gasteiger partial charge on any atom is 0.407 e. The fraction of sp³-hybridized carbons (Fsp3) is 0.414. The first-order valence-corrected chi connectivity index (χ1v) is 12.6. The summed E-state index contributed by atoms with van der Waals surface area (Å²) in [6.45, 7) is 12.9. The van der Waals surface area contributed by atoms with Crippen LogP contribution in [0.2, 0.25) is 0 Å². The average Bonchev–Trinajstić information content (AvgIpc) is 2.79. The minimum absolute atomic E-state index is 0.168. The molecule has 1 heterocycles. The molecule has 0 fully saturated rings. The minimum atomic E-state index is -1.07. The predicted octanol–water partition coefficient (Wildman–Crippen LogP) is 6.11. The molecule has 198 valence electrons. The highest BCUT2D eigenvalue weighted by Crippen LogP contribution is 2.35. The van der Waals surface area contributed by atoms with Crippen LogP contribution in [0.25, 0.3) is 22.0 Å². The van der Waals surface area contributed by atoms with Crippen molar-refractivity contribution in [3.8, 4) is 11.1 Å². The van der Waals surface area contributed by atoms with Gasteiger partial charge in [0.05, 0.1) is 5.52 Å². The van der Waals surface area contributed by atoms with Crippen LogP contribution in [-0.2, 0) is 17.7 Å². The van der Waals surface area contributed by atoms with Gasteiger partial charge in [0.15, 0.2) is 0 Å². The van der Waals surface area contributed by atoms with E-state index in [9.17, 15) is 14.7 Å². The fourth-order valence-electron chi connectivity index (χ4n) is 4.11. The monoisotopic (exact) mass is 506 g/mol. The highest BCUT2D eigenvalue weighted by molar-refractivity contribution is 5.98. The molecule has 0 bridgehead atoms. The van der Waals surface area contributed by atoms with Gasteiger partial charge in [0.1, 0.15) is 5.60 Å². The van der Waals surface area contributed by atoms with Gasteiger partial charge < -0.3 is 25.8 Å². The Labute approximate surface area is 218 Å². The molecule has 0 aliphatic heterocycles. The smallest absolute Gasteiger partial charge is 0.407 e. The third-order valence-corrected chi connectivity index (χ3v) is 5.65. The van der Waals surface area contributed by atoms with E-state index in [4.69, 9.17) is 9.72 Å². The molecule has 1 aromatic heterocycles. The third-order valence-electron chi connectivity index (χ3n) is 5.65. The van der Waals surface area contributed by atoms with Gasteiger partial charge in [-0.15, -0.1) is 0 Å². The molecule has 0 aliphatic rings. The summed E-state index contributed by atoms with van der Waals surface area (Å²) >= 11 is 0. The lowest BCUT2D eigenvalue weighted by atomic mass is 9.91. The van der Waals surface area contributed by atoms with Crippen LogP contribution in [0.3, 0.4) is 0 Å². The van der Waals surface area contributed by atoms with E-state index in [1.165, 1.54) is 0 Å². The lowest BCUT2D eigenvalue weighted by Gasteiger charge is -2.20. The quantitative estimate of drug-likeness (QED) is 0.260. The van der Waals surface area contributed by atoms with Crippen LogP contribution in [0.4, 0.5) is 15.3 Å². The van der Waals surface area contributed by atoms with Gasteiger partial charge in [-0.3, -0.25) is 4.98 Å². The zero-order valence-corrected chi connectivity index (χ0v) is 22.6. The van der Waals surface area contributed by atoms with Gasteiger partial charge in [0, 0.05) is 42.0 Å². The number of nitrogens with one attached hydrogen (secondary N) is 3. The second-order valence-corrected chi connectivity index (χ2v) is 10.6. The predicted molar refractivity (Wildman–Crippen MR) is 148 cm³/mol. The van der Waals surface area contributed by atoms with E-state index < -0.39 is 17.8 Å². The fourth-order valence-corrected chi connectivity index (χ4v) is 4.11. The van der Waals surface area contributed by atoms with Crippen molar-refractivity contribution in [3.05, 3.63) is 59.3 Å². The molecule has 37 heavy (non-hydrogen) atoms. The number of fused-ring (bicyclic) bond motifs is 1. The number of hydrogen-bond donors (Lipinski definition) is 4. The maximum atomic E-state index is 11.9. The second-order valence-electron chi connectivity index (χ2n) is 10.6. The number of anilines is 1. The molecular weight excluding hydrogens is 468 g/mol. The van der Waals surface area contributed by atoms with Gasteiger partial charge in [-0.25, -0.2) is 9.59 Å². The summed E-state index contributed by atoms with van der Waals surface area (Å²) < 4.78 is 5.28. The first-order valence-electron chi connectivity index (χ1n) is 12.6. The largest absolute Gasteiger partial charge is 0.465 e. The first-order chi connectivity index (χ1) is 17.4. The molecule has 2 amide bonds. The summed E-state index contributed by atoms with van der Waals surface area (Å²) in [4.78, 5) is 28.3. The van der Waals surface area contributed by atoms with Crippen LogP contribution in [0.1, 0.15) is 51.4 Å². The lowest BCUT2D eigenvalue weighted by molar-refractivity contribution is 0.0530. The molecule has 0 spiro atoms. The number of aromatic nitrogens is 1. The SMILES string of the molecule is Cc1ccc(-c2c(CNC(=O)O)c(CC(C)C)nc3ccc(NCCNC(=O)OC(C)(C)C)cc23)cc1. The number of rotatable bonds is 9. The van der Waals surface area contributed by atoms with Crippen LogP contribution in [0, 0.1) is 12.8 Å². The van der Waals surface area contributed by atoms with Crippen molar-refractivity contribution in [2.75, 3.05) is 18.4 Å². The van der Waals surface area contributed by atoms with Crippen molar-refractivity contribution in [2.24, 2.45) is 5.92 Å². The molecule has 2 aromatic carbocycles. The Morgan fingerprint density at radius 3 is 2.35 bits per heavy atom. The Morgan fingerprint density at radius 2 is 1.73 bits per heavy atom. The van der Waals surface area contributed by atoms with Gasteiger partial charge in [-0.1, -0.05) is 43.7 Å². The number of ether oxygens (including phenoxy) is 1. The van der Waals surface area contributed by atoms with Crippen LogP contribution >= 0.6 is 0 Å². The average molecular weight is 507 g/mol. The van der Waals surface area contributed by atoms with Crippen molar-refractivity contribution >= 4 is 28.8 Å². The van der Waals surface area contributed by atoms with Crippen molar-refractivity contribution in [1.82, 2.24) is 15.6 Å². The summed E-state index contributed by atoms with van der Waals surface area (Å²) in [6.07, 6.45) is -0.785. The van der Waals surface area contributed by atoms with Gasteiger partial charge in [0.2, 0.25) is 0 Å². The highest BCUT2D eigenvalue weighted by atomic mass is 16.6. The first kappa shape index (κ1) is 27.8. The van der Waals surface area contributed by atoms with Crippen LogP contribution < -0.4 is 16.0 Å². The van der Waals surface area contributed by atoms with Gasteiger partial charge in [-0.2, -0.15) is 0 Å². The molecule has 0 radical (unpaired) electrons. The number of aryl methyl sites for hydroxylation is 1. The van der Waals surface area contributed by atoms with E-state index in [1.54, 1.807) is 0 Å². The summed E-state index contributed by atoms with van der Waals surface area (Å²) in [6, 6.07) is 14.2. The molecule has 8 heteroatoms. The Morgan fingerprint density at radius 1 is 1.03 bits per heavy atom. The highest BCUT2D eigenvalue weighted by Gasteiger charge is 2.19. The van der Waals surface area contributed by atoms with E-state index in [-0.39, 0.29) is 6.54 Å². The van der Waals surface area contributed by atoms with Crippen molar-refractivity contribution in [2.45, 2.75) is 60.1 Å². The number of amides is 2. The lowest BCUT2D eigenvalue weighted by Crippen LogP contribution is -2.34. The van der Waals surface area contributed by atoms with E-state index in [2.05, 4.69) is 54.1 Å². The summed E-state index contributed by atoms with van der Waals surface area (Å²) in [5.41, 5.74) is 6.10. The Bertz CT molecular complexity index is 1250. The van der Waals surface area contributed by atoms with E-state index in [1.807, 2.05) is 45.9 Å². The molecule has 3 aromatic rings. The standard InChI is InChI=1S/C29H38N4O4/c1-18(2)15-25-23(17-32-27(34)35)26(20-9-7-19(3)8-10-20)22-16-21(11-12-24(22)33-25)30-13-14-31-28(36)37-29(4,5)6/h7-12,16,18,30,32H,13-15,17H2,1-6H3,(H,31,36)(H,34,35). The minimum Gasteiger partial charge on any atom is -0.465 e. The van der Waals surface area contributed by atoms with Gasteiger partial charge in [-0.05, 0) is 69.4 Å². The Hall–Kier alpha value is -3.81. The van der Waals surface area contributed by atoms with Crippen LogP contribution in [0.15, 0.2) is 42.5 Å². The van der Waals surface area contributed by atoms with Crippen molar-refractivity contribution < 1.29 is 19.4 Å². The Balaban J connectivity index is 1.98. The molecular formula is C29H38N4O4. The normalized spacial score (nSPS) is 11.4. The summed E-state index contributed by atoms with van der Waals surface area (Å²) in [5.74, 6) is 0.359. The molecule has 0 aliphatic carbocycles. The molecule has 4 N–H and O–H groups in total. The number of nitrogens with zero attached hydrogens (tertiary/aromatic N) is 1. The summed E-state index contributed by atoms with van der Waals surface area (Å²) in [7, 11) is 0. The van der Waals surface area contributed by atoms with Gasteiger partial charge >= 0.3 is 12.2 Å². The molecule has 8 nitrogen and oxygen atoms in total. The zero-order valence-electron chi connectivity index (χ0n) is 22.6. The number of pyridine rings is 1. The second kappa shape index (κ2) is 12.0. The Kier molecular flexibility index (Phi) is 8.97. The number of carbonyl (C=O) groups is 2. The van der Waals surface area contributed by atoms with E-state index in [0.29, 0.717) is 19.0 Å². The molecule has 0 unspecified atom stereocenters. The molecule has 0 saturated carbocycles. The van der Waals surface area contributed by atoms with Crippen LogP contribution in [0.5, 0.6) is 0 Å². The number of benzene rings is 2. The van der Waals surface area contributed by atoms with Gasteiger partial charge in [0.25, 0.3) is 0 Å².